The first-order valence-corrected chi connectivity index (χ1v) is 12.0. The monoisotopic (exact) mass is 549 g/mol. The summed E-state index contributed by atoms with van der Waals surface area (Å²) in [5.41, 5.74) is 3.00. The van der Waals surface area contributed by atoms with E-state index >= 15 is 0 Å². The number of aromatic nitrogens is 1. The fourth-order valence-corrected chi connectivity index (χ4v) is 4.72. The Balaban J connectivity index is 1.66. The molecular weight excluding hydrogens is 534 g/mol. The van der Waals surface area contributed by atoms with Gasteiger partial charge in [-0.1, -0.05) is 40.2 Å². The third-order valence-electron chi connectivity index (χ3n) is 5.06. The normalized spacial score (nSPS) is 13.4. The van der Waals surface area contributed by atoms with Crippen LogP contribution in [-0.4, -0.2) is 28.3 Å². The number of amides is 1. The van der Waals surface area contributed by atoms with Crippen molar-refractivity contribution in [1.29, 1.82) is 0 Å². The van der Waals surface area contributed by atoms with E-state index in [0.717, 1.165) is 15.6 Å². The number of halogens is 1. The molecular formula is C24H16BrN5O4S. The number of carbonyl (C=O) groups excluding carboxylic acids is 1. The van der Waals surface area contributed by atoms with Gasteiger partial charge in [0.2, 0.25) is 4.80 Å². The number of ether oxygens (including phenoxy) is 1. The second-order valence-electron chi connectivity index (χ2n) is 7.42. The van der Waals surface area contributed by atoms with Gasteiger partial charge in [0.1, 0.15) is 11.4 Å². The van der Waals surface area contributed by atoms with Crippen molar-refractivity contribution < 1.29 is 14.5 Å². The molecule has 174 valence electrons. The van der Waals surface area contributed by atoms with Crippen LogP contribution in [0.15, 0.2) is 86.7 Å². The van der Waals surface area contributed by atoms with E-state index in [0.29, 0.717) is 21.9 Å². The van der Waals surface area contributed by atoms with Gasteiger partial charge in [0, 0.05) is 21.5 Å². The van der Waals surface area contributed by atoms with Gasteiger partial charge in [0.25, 0.3) is 11.6 Å². The Morgan fingerprint density at radius 3 is 2.83 bits per heavy atom. The van der Waals surface area contributed by atoms with Crippen LogP contribution in [-0.2, 0) is 4.79 Å². The van der Waals surface area contributed by atoms with Gasteiger partial charge in [-0.3, -0.25) is 14.9 Å². The van der Waals surface area contributed by atoms with Crippen molar-refractivity contribution in [2.24, 2.45) is 10.1 Å². The molecule has 35 heavy (non-hydrogen) atoms. The number of fused-ring (bicyclic) bond motifs is 1. The highest BCUT2D eigenvalue weighted by molar-refractivity contribution is 9.10. The van der Waals surface area contributed by atoms with Crippen LogP contribution in [0.4, 0.5) is 17.1 Å². The SMILES string of the molecule is O=C1COc2ccc(-c3csc(=Nc4ccccc4[N+](=O)[O-])n3N=Cc3cccc(Br)c3)cc2N1. The first-order chi connectivity index (χ1) is 17.0. The molecule has 0 spiro atoms. The number of rotatable bonds is 5. The lowest BCUT2D eigenvalue weighted by atomic mass is 10.1. The predicted molar refractivity (Wildman–Crippen MR) is 137 cm³/mol. The van der Waals surface area contributed by atoms with Crippen molar-refractivity contribution in [3.63, 3.8) is 0 Å². The van der Waals surface area contributed by atoms with Crippen LogP contribution in [0, 0.1) is 10.1 Å². The number of carbonyl (C=O) groups is 1. The second-order valence-corrected chi connectivity index (χ2v) is 9.17. The summed E-state index contributed by atoms with van der Waals surface area (Å²) in [5.74, 6) is 0.352. The minimum atomic E-state index is -0.464. The number of nitrogens with zero attached hydrogens (tertiary/aromatic N) is 4. The van der Waals surface area contributed by atoms with Gasteiger partial charge < -0.3 is 10.1 Å². The lowest BCUT2D eigenvalue weighted by Gasteiger charge is -2.18. The van der Waals surface area contributed by atoms with Crippen LogP contribution in [0.2, 0.25) is 0 Å². The maximum absolute atomic E-state index is 11.8. The maximum atomic E-state index is 11.8. The zero-order valence-corrected chi connectivity index (χ0v) is 20.3. The molecule has 0 saturated carbocycles. The van der Waals surface area contributed by atoms with E-state index < -0.39 is 4.92 Å². The summed E-state index contributed by atoms with van der Waals surface area (Å²) < 4.78 is 7.99. The highest BCUT2D eigenvalue weighted by atomic mass is 79.9. The number of hydrogen-bond donors (Lipinski definition) is 1. The minimum Gasteiger partial charge on any atom is -0.482 e. The van der Waals surface area contributed by atoms with Crippen molar-refractivity contribution in [3.8, 4) is 17.0 Å². The molecule has 9 nitrogen and oxygen atoms in total. The lowest BCUT2D eigenvalue weighted by Crippen LogP contribution is -2.25. The van der Waals surface area contributed by atoms with Gasteiger partial charge in [-0.05, 0) is 42.0 Å². The Morgan fingerprint density at radius 1 is 1.14 bits per heavy atom. The molecule has 11 heteroatoms. The highest BCUT2D eigenvalue weighted by Gasteiger charge is 2.18. The van der Waals surface area contributed by atoms with Crippen LogP contribution in [0.25, 0.3) is 11.3 Å². The number of anilines is 1. The molecule has 0 radical (unpaired) electrons. The zero-order chi connectivity index (χ0) is 24.4. The largest absolute Gasteiger partial charge is 0.482 e. The maximum Gasteiger partial charge on any atom is 0.294 e. The van der Waals surface area contributed by atoms with E-state index in [4.69, 9.17) is 4.74 Å². The Kier molecular flexibility index (Phi) is 6.25. The summed E-state index contributed by atoms with van der Waals surface area (Å²) >= 11 is 4.75. The summed E-state index contributed by atoms with van der Waals surface area (Å²) in [6, 6.07) is 19.4. The fraction of sp³-hybridized carbons (Fsp3) is 0.0417. The van der Waals surface area contributed by atoms with Crippen molar-refractivity contribution in [3.05, 3.63) is 97.1 Å². The quantitative estimate of drug-likeness (QED) is 0.206. The summed E-state index contributed by atoms with van der Waals surface area (Å²) in [6.45, 7) is -0.0272. The van der Waals surface area contributed by atoms with Crippen molar-refractivity contribution in [1.82, 2.24) is 4.68 Å². The molecule has 1 N–H and O–H groups in total. The van der Waals surface area contributed by atoms with Gasteiger partial charge in [0.15, 0.2) is 6.61 Å². The van der Waals surface area contributed by atoms with Crippen LogP contribution in [0.3, 0.4) is 0 Å². The molecule has 1 aliphatic heterocycles. The molecule has 0 aliphatic carbocycles. The first-order valence-electron chi connectivity index (χ1n) is 10.3. The smallest absolute Gasteiger partial charge is 0.294 e. The number of nitro benzene ring substituents is 1. The molecule has 0 bridgehead atoms. The van der Waals surface area contributed by atoms with Gasteiger partial charge in [0.05, 0.1) is 22.5 Å². The highest BCUT2D eigenvalue weighted by Crippen LogP contribution is 2.33. The van der Waals surface area contributed by atoms with Crippen LogP contribution < -0.4 is 14.9 Å². The molecule has 0 unspecified atom stereocenters. The fourth-order valence-electron chi connectivity index (χ4n) is 3.46. The van der Waals surface area contributed by atoms with Gasteiger partial charge in [-0.15, -0.1) is 11.3 Å². The average molecular weight is 550 g/mol. The molecule has 0 atom stereocenters. The standard InChI is InChI=1S/C24H16BrN5O4S/c25-17-5-3-4-15(10-17)12-26-29-21(16-8-9-22-19(11-16)27-23(31)13-34-22)14-35-24(29)28-18-6-1-2-7-20(18)30(32)33/h1-12,14H,13H2,(H,27,31). The van der Waals surface area contributed by atoms with Crippen LogP contribution in [0.5, 0.6) is 5.75 Å². The van der Waals surface area contributed by atoms with Gasteiger partial charge in [-0.2, -0.15) is 5.10 Å². The first kappa shape index (κ1) is 22.7. The second kappa shape index (κ2) is 9.65. The van der Waals surface area contributed by atoms with E-state index in [2.05, 4.69) is 31.3 Å². The Labute approximate surface area is 211 Å². The Hall–Kier alpha value is -4.09. The molecule has 1 aliphatic rings. The number of benzene rings is 3. The number of nitro groups is 1. The summed E-state index contributed by atoms with van der Waals surface area (Å²) in [7, 11) is 0. The van der Waals surface area contributed by atoms with E-state index in [-0.39, 0.29) is 23.9 Å². The van der Waals surface area contributed by atoms with Crippen molar-refractivity contribution >= 4 is 56.5 Å². The van der Waals surface area contributed by atoms with Gasteiger partial charge in [-0.25, -0.2) is 9.67 Å². The predicted octanol–water partition coefficient (Wildman–Crippen LogP) is 5.33. The number of para-hydroxylation sites is 2. The summed E-state index contributed by atoms with van der Waals surface area (Å²) in [5, 5.41) is 20.8. The summed E-state index contributed by atoms with van der Waals surface area (Å²) in [6.07, 6.45) is 1.68. The third-order valence-corrected chi connectivity index (χ3v) is 6.37. The van der Waals surface area contributed by atoms with E-state index in [1.54, 1.807) is 41.2 Å². The zero-order valence-electron chi connectivity index (χ0n) is 17.9. The van der Waals surface area contributed by atoms with E-state index in [1.807, 2.05) is 35.7 Å². The van der Waals surface area contributed by atoms with Crippen molar-refractivity contribution in [2.75, 3.05) is 11.9 Å². The topological polar surface area (TPSA) is 111 Å². The number of nitrogens with one attached hydrogen (secondary N) is 1. The molecule has 4 aromatic rings. The van der Waals surface area contributed by atoms with Crippen molar-refractivity contribution in [2.45, 2.75) is 0 Å². The van der Waals surface area contributed by atoms with E-state index in [9.17, 15) is 14.9 Å². The van der Waals surface area contributed by atoms with Gasteiger partial charge >= 0.3 is 0 Å². The Bertz CT molecular complexity index is 1560. The van der Waals surface area contributed by atoms with E-state index in [1.165, 1.54) is 17.4 Å². The minimum absolute atomic E-state index is 0.0272. The lowest BCUT2D eigenvalue weighted by molar-refractivity contribution is -0.384. The average Bonchev–Trinajstić information content (AvgIpc) is 3.24. The molecule has 2 heterocycles. The molecule has 0 fully saturated rings. The molecule has 3 aromatic carbocycles. The third kappa shape index (κ3) is 4.91. The van der Waals surface area contributed by atoms with Crippen LogP contribution in [0.1, 0.15) is 5.56 Å². The van der Waals surface area contributed by atoms with Crippen LogP contribution >= 0.6 is 27.3 Å². The molecule has 0 saturated heterocycles. The number of hydrogen-bond acceptors (Lipinski definition) is 7. The molecule has 5 rings (SSSR count). The number of thiazole rings is 1. The molecule has 1 aromatic heterocycles. The Morgan fingerprint density at radius 2 is 2.00 bits per heavy atom. The summed E-state index contributed by atoms with van der Waals surface area (Å²) in [4.78, 5) is 27.8. The molecule has 1 amide bonds.